The van der Waals surface area contributed by atoms with Gasteiger partial charge in [-0.1, -0.05) is 0 Å². The lowest BCUT2D eigenvalue weighted by atomic mass is 10.1. The van der Waals surface area contributed by atoms with Gasteiger partial charge in [0.25, 0.3) is 0 Å². The van der Waals surface area contributed by atoms with Gasteiger partial charge in [-0.25, -0.2) is 0 Å². The molecule has 0 aromatic carbocycles. The molecule has 0 spiro atoms. The van der Waals surface area contributed by atoms with Gasteiger partial charge in [0.1, 0.15) is 0 Å². The first kappa shape index (κ1) is 8.53. The molecule has 11 heavy (non-hydrogen) atoms. The third-order valence-electron chi connectivity index (χ3n) is 2.07. The number of hydrogen-bond acceptors (Lipinski definition) is 3. The van der Waals surface area contributed by atoms with Crippen molar-refractivity contribution in [3.05, 3.63) is 0 Å². The lowest BCUT2D eigenvalue weighted by Gasteiger charge is -2.11. The zero-order valence-electron chi connectivity index (χ0n) is 6.75. The Hall–Kier alpha value is -0.570. The van der Waals surface area contributed by atoms with Crippen LogP contribution in [0, 0.1) is 5.92 Å². The molecule has 2 atom stereocenters. The predicted octanol–water partition coefficient (Wildman–Crippen LogP) is 0.710. The van der Waals surface area contributed by atoms with Gasteiger partial charge < -0.3 is 9.84 Å². The zero-order chi connectivity index (χ0) is 8.27. The number of hydrogen-bond donors (Lipinski definition) is 1. The van der Waals surface area contributed by atoms with Gasteiger partial charge in [-0.2, -0.15) is 0 Å². The van der Waals surface area contributed by atoms with Crippen LogP contribution >= 0.6 is 0 Å². The van der Waals surface area contributed by atoms with Gasteiger partial charge in [0, 0.05) is 0 Å². The average Bonchev–Trinajstić information content (AvgIpc) is 2.36. The Balaban J connectivity index is 2.39. The molecule has 0 heterocycles. The molecule has 0 saturated heterocycles. The van der Waals surface area contributed by atoms with Crippen LogP contribution in [0.5, 0.6) is 0 Å². The van der Waals surface area contributed by atoms with E-state index in [0.717, 1.165) is 19.3 Å². The molecule has 1 N–H and O–H groups in total. The molecule has 1 aliphatic carbocycles. The van der Waals surface area contributed by atoms with Crippen LogP contribution in [0.25, 0.3) is 0 Å². The van der Waals surface area contributed by atoms with Crippen LogP contribution in [0.1, 0.15) is 26.2 Å². The summed E-state index contributed by atoms with van der Waals surface area (Å²) in [5, 5.41) is 9.29. The molecule has 0 aliphatic heterocycles. The van der Waals surface area contributed by atoms with Gasteiger partial charge in [-0.05, 0) is 26.2 Å². The van der Waals surface area contributed by atoms with Crippen LogP contribution in [0.2, 0.25) is 0 Å². The summed E-state index contributed by atoms with van der Waals surface area (Å²) in [5.74, 6) is -0.493. The molecule has 64 valence electrons. The van der Waals surface area contributed by atoms with Crippen molar-refractivity contribution in [2.75, 3.05) is 6.61 Å². The third kappa shape index (κ3) is 1.93. The smallest absolute Gasteiger partial charge is 0.311 e. The predicted molar refractivity (Wildman–Crippen MR) is 40.0 cm³/mol. The number of carbonyl (C=O) groups excluding carboxylic acids is 1. The molecule has 3 nitrogen and oxygen atoms in total. The van der Waals surface area contributed by atoms with Crippen molar-refractivity contribution in [1.29, 1.82) is 0 Å². The van der Waals surface area contributed by atoms with Crippen molar-refractivity contribution in [1.82, 2.24) is 0 Å². The van der Waals surface area contributed by atoms with E-state index in [4.69, 9.17) is 4.74 Å². The molecule has 0 radical (unpaired) electrons. The van der Waals surface area contributed by atoms with E-state index in [0.29, 0.717) is 6.61 Å². The fourth-order valence-electron chi connectivity index (χ4n) is 1.46. The first-order chi connectivity index (χ1) is 5.25. The standard InChI is InChI=1S/C8H14O3/c1-2-11-8(10)6-4-3-5-7(6)9/h6-7,9H,2-5H2,1H3/t6-,7+/m0/s1. The van der Waals surface area contributed by atoms with E-state index in [1.165, 1.54) is 0 Å². The van der Waals surface area contributed by atoms with Crippen LogP contribution in [-0.4, -0.2) is 23.8 Å². The van der Waals surface area contributed by atoms with Crippen LogP contribution < -0.4 is 0 Å². The lowest BCUT2D eigenvalue weighted by Crippen LogP contribution is -2.24. The Morgan fingerprint density at radius 3 is 2.82 bits per heavy atom. The number of aliphatic hydroxyl groups is 1. The molecule has 0 bridgehead atoms. The highest BCUT2D eigenvalue weighted by Crippen LogP contribution is 2.26. The number of aliphatic hydroxyl groups excluding tert-OH is 1. The van der Waals surface area contributed by atoms with E-state index in [-0.39, 0.29) is 11.9 Å². The lowest BCUT2D eigenvalue weighted by molar-refractivity contribution is -0.150. The second kappa shape index (κ2) is 3.72. The summed E-state index contributed by atoms with van der Waals surface area (Å²) in [7, 11) is 0. The van der Waals surface area contributed by atoms with Gasteiger partial charge in [-0.15, -0.1) is 0 Å². The van der Waals surface area contributed by atoms with Gasteiger partial charge in [-0.3, -0.25) is 4.79 Å². The van der Waals surface area contributed by atoms with Crippen LogP contribution in [0.3, 0.4) is 0 Å². The molecule has 0 unspecified atom stereocenters. The van der Waals surface area contributed by atoms with Crippen molar-refractivity contribution in [3.8, 4) is 0 Å². The fourth-order valence-corrected chi connectivity index (χ4v) is 1.46. The molecule has 1 rings (SSSR count). The minimum Gasteiger partial charge on any atom is -0.466 e. The molecule has 1 aliphatic rings. The molecule has 0 aromatic rings. The molecule has 0 amide bonds. The second-order valence-electron chi connectivity index (χ2n) is 2.86. The van der Waals surface area contributed by atoms with Crippen LogP contribution in [0.4, 0.5) is 0 Å². The maximum absolute atomic E-state index is 11.1. The molecule has 0 aromatic heterocycles. The molecular formula is C8H14O3. The van der Waals surface area contributed by atoms with Crippen molar-refractivity contribution in [2.45, 2.75) is 32.3 Å². The normalized spacial score (nSPS) is 30.4. The first-order valence-corrected chi connectivity index (χ1v) is 4.10. The second-order valence-corrected chi connectivity index (χ2v) is 2.86. The van der Waals surface area contributed by atoms with E-state index in [9.17, 15) is 9.90 Å². The largest absolute Gasteiger partial charge is 0.466 e. The highest BCUT2D eigenvalue weighted by atomic mass is 16.5. The minimum absolute atomic E-state index is 0.238. The number of carbonyl (C=O) groups is 1. The maximum atomic E-state index is 11.1. The van der Waals surface area contributed by atoms with Gasteiger partial charge in [0.2, 0.25) is 0 Å². The van der Waals surface area contributed by atoms with Crippen molar-refractivity contribution >= 4 is 5.97 Å². The van der Waals surface area contributed by atoms with Crippen molar-refractivity contribution in [2.24, 2.45) is 5.92 Å². The maximum Gasteiger partial charge on any atom is 0.311 e. The highest BCUT2D eigenvalue weighted by Gasteiger charge is 2.32. The summed E-state index contributed by atoms with van der Waals surface area (Å²) in [5.41, 5.74) is 0. The van der Waals surface area contributed by atoms with E-state index >= 15 is 0 Å². The zero-order valence-corrected chi connectivity index (χ0v) is 6.75. The van der Waals surface area contributed by atoms with Crippen LogP contribution in [0.15, 0.2) is 0 Å². The Labute approximate surface area is 66.4 Å². The van der Waals surface area contributed by atoms with Gasteiger partial charge >= 0.3 is 5.97 Å². The van der Waals surface area contributed by atoms with E-state index < -0.39 is 6.10 Å². The fraction of sp³-hybridized carbons (Fsp3) is 0.875. The summed E-state index contributed by atoms with van der Waals surface area (Å²) >= 11 is 0. The first-order valence-electron chi connectivity index (χ1n) is 4.10. The van der Waals surface area contributed by atoms with E-state index in [1.54, 1.807) is 6.92 Å². The quantitative estimate of drug-likeness (QED) is 0.602. The van der Waals surface area contributed by atoms with Crippen LogP contribution in [-0.2, 0) is 9.53 Å². The Kier molecular flexibility index (Phi) is 2.88. The highest BCUT2D eigenvalue weighted by molar-refractivity contribution is 5.73. The summed E-state index contributed by atoms with van der Waals surface area (Å²) in [6, 6.07) is 0. The summed E-state index contributed by atoms with van der Waals surface area (Å²) in [6.45, 7) is 2.18. The molecular weight excluding hydrogens is 144 g/mol. The summed E-state index contributed by atoms with van der Waals surface area (Å²) < 4.78 is 4.80. The molecule has 1 saturated carbocycles. The SMILES string of the molecule is CCOC(=O)[C@H]1CCC[C@H]1O. The Bertz CT molecular complexity index is 144. The summed E-state index contributed by atoms with van der Waals surface area (Å²) in [6.07, 6.45) is 1.99. The van der Waals surface area contributed by atoms with Crippen molar-refractivity contribution < 1.29 is 14.6 Å². The number of ether oxygens (including phenoxy) is 1. The average molecular weight is 158 g/mol. The Morgan fingerprint density at radius 2 is 2.36 bits per heavy atom. The Morgan fingerprint density at radius 1 is 1.64 bits per heavy atom. The van der Waals surface area contributed by atoms with E-state index in [2.05, 4.69) is 0 Å². The van der Waals surface area contributed by atoms with Gasteiger partial charge in [0.05, 0.1) is 18.6 Å². The topological polar surface area (TPSA) is 46.5 Å². The molecule has 3 heteroatoms. The molecule has 1 fully saturated rings. The van der Waals surface area contributed by atoms with E-state index in [1.807, 2.05) is 0 Å². The number of esters is 1. The van der Waals surface area contributed by atoms with Crippen molar-refractivity contribution in [3.63, 3.8) is 0 Å². The summed E-state index contributed by atoms with van der Waals surface area (Å²) in [4.78, 5) is 11.1. The number of rotatable bonds is 2. The minimum atomic E-state index is -0.464. The monoisotopic (exact) mass is 158 g/mol. The van der Waals surface area contributed by atoms with Gasteiger partial charge in [0.15, 0.2) is 0 Å². The third-order valence-corrected chi connectivity index (χ3v) is 2.07.